The van der Waals surface area contributed by atoms with Gasteiger partial charge in [0.2, 0.25) is 0 Å². The van der Waals surface area contributed by atoms with Gasteiger partial charge in [-0.25, -0.2) is 0 Å². The Hall–Kier alpha value is -2.81. The molecule has 0 aliphatic rings. The van der Waals surface area contributed by atoms with Crippen molar-refractivity contribution in [1.82, 2.24) is 4.57 Å². The van der Waals surface area contributed by atoms with E-state index in [9.17, 15) is 4.79 Å². The number of carbonyl (C=O) groups excluding carboxylic acids is 1. The van der Waals surface area contributed by atoms with E-state index in [0.29, 0.717) is 11.8 Å². The lowest BCUT2D eigenvalue weighted by molar-refractivity contribution is -0.104. The number of unbranched alkanes of at least 4 members (excludes halogenated alkanes) is 1. The van der Waals surface area contributed by atoms with E-state index < -0.39 is 0 Å². The van der Waals surface area contributed by atoms with Gasteiger partial charge in [0.25, 0.3) is 0 Å². The molecule has 3 nitrogen and oxygen atoms in total. The zero-order chi connectivity index (χ0) is 23.4. The van der Waals surface area contributed by atoms with Crippen molar-refractivity contribution in [2.75, 3.05) is 6.61 Å². The molecule has 0 amide bonds. The third-order valence-electron chi connectivity index (χ3n) is 6.23. The molecule has 3 heteroatoms. The quantitative estimate of drug-likeness (QED) is 0.196. The number of carbonyl (C=O) groups is 1. The minimum absolute atomic E-state index is 0.368. The van der Waals surface area contributed by atoms with E-state index in [0.717, 1.165) is 48.2 Å². The second-order valence-electron chi connectivity index (χ2n) is 9.37. The average Bonchev–Trinajstić information content (AvgIpc) is 3.09. The van der Waals surface area contributed by atoms with Crippen molar-refractivity contribution >= 4 is 22.8 Å². The minimum Gasteiger partial charge on any atom is -0.493 e. The normalized spacial score (nSPS) is 12.2. The molecular formula is C29H37NO2. The number of hydrogen-bond acceptors (Lipinski definition) is 2. The lowest BCUT2D eigenvalue weighted by Gasteiger charge is -2.21. The molecule has 0 radical (unpaired) electrons. The highest BCUT2D eigenvalue weighted by Gasteiger charge is 2.21. The molecule has 32 heavy (non-hydrogen) atoms. The van der Waals surface area contributed by atoms with Crippen molar-refractivity contribution in [3.8, 4) is 16.9 Å². The van der Waals surface area contributed by atoms with Gasteiger partial charge in [-0.1, -0.05) is 53.2 Å². The van der Waals surface area contributed by atoms with Crippen LogP contribution in [0.2, 0.25) is 0 Å². The summed E-state index contributed by atoms with van der Waals surface area (Å²) >= 11 is 0. The number of fused-ring (bicyclic) bond motifs is 1. The van der Waals surface area contributed by atoms with E-state index in [-0.39, 0.29) is 0 Å². The summed E-state index contributed by atoms with van der Waals surface area (Å²) in [6, 6.07) is 11.1. The van der Waals surface area contributed by atoms with Crippen molar-refractivity contribution in [1.29, 1.82) is 0 Å². The van der Waals surface area contributed by atoms with Gasteiger partial charge in [0.1, 0.15) is 12.0 Å². The number of allylic oxidation sites excluding steroid dienone is 2. The molecule has 0 aliphatic heterocycles. The molecule has 0 unspecified atom stereocenters. The highest BCUT2D eigenvalue weighted by molar-refractivity contribution is 6.00. The van der Waals surface area contributed by atoms with Crippen LogP contribution in [-0.4, -0.2) is 17.5 Å². The largest absolute Gasteiger partial charge is 0.493 e. The summed E-state index contributed by atoms with van der Waals surface area (Å²) in [5, 5.41) is 1.18. The molecule has 0 aliphatic carbocycles. The summed E-state index contributed by atoms with van der Waals surface area (Å²) in [5.74, 6) is 1.81. The Morgan fingerprint density at radius 1 is 1.06 bits per heavy atom. The first-order valence-corrected chi connectivity index (χ1v) is 11.8. The fourth-order valence-corrected chi connectivity index (χ4v) is 4.17. The van der Waals surface area contributed by atoms with Crippen molar-refractivity contribution in [2.45, 2.75) is 66.2 Å². The maximum Gasteiger partial charge on any atom is 0.143 e. The number of rotatable bonds is 9. The minimum atomic E-state index is 0.368. The van der Waals surface area contributed by atoms with Crippen LogP contribution in [0.5, 0.6) is 5.75 Å². The summed E-state index contributed by atoms with van der Waals surface area (Å²) in [6.45, 7) is 13.9. The van der Waals surface area contributed by atoms with E-state index in [4.69, 9.17) is 4.74 Å². The topological polar surface area (TPSA) is 31.2 Å². The molecule has 0 saturated heterocycles. The lowest BCUT2D eigenvalue weighted by atomic mass is 9.89. The third-order valence-corrected chi connectivity index (χ3v) is 6.23. The van der Waals surface area contributed by atoms with Crippen molar-refractivity contribution < 1.29 is 9.53 Å². The first-order chi connectivity index (χ1) is 15.3. The first-order valence-electron chi connectivity index (χ1n) is 11.8. The second kappa shape index (κ2) is 10.2. The molecule has 0 atom stereocenters. The van der Waals surface area contributed by atoms with E-state index in [1.807, 2.05) is 6.92 Å². The highest BCUT2D eigenvalue weighted by atomic mass is 16.5. The zero-order valence-electron chi connectivity index (χ0n) is 20.7. The number of aryl methyl sites for hydroxylation is 1. The molecule has 1 heterocycles. The van der Waals surface area contributed by atoms with Crippen LogP contribution < -0.4 is 4.74 Å². The summed E-state index contributed by atoms with van der Waals surface area (Å²) in [6.07, 6.45) is 6.84. The Labute approximate surface area is 193 Å². The highest BCUT2D eigenvalue weighted by Crippen LogP contribution is 2.43. The maximum absolute atomic E-state index is 11.0. The van der Waals surface area contributed by atoms with Crippen LogP contribution in [0.3, 0.4) is 0 Å². The predicted molar refractivity (Wildman–Crippen MR) is 137 cm³/mol. The third kappa shape index (κ3) is 4.82. The average molecular weight is 432 g/mol. The number of hydrogen-bond donors (Lipinski definition) is 0. The first kappa shape index (κ1) is 23.8. The van der Waals surface area contributed by atoms with Gasteiger partial charge in [0, 0.05) is 35.3 Å². The molecule has 170 valence electrons. The van der Waals surface area contributed by atoms with Crippen molar-refractivity contribution in [2.24, 2.45) is 7.05 Å². The SMILES string of the molecule is CCCCOc1c(-c2cn(C)c3ccc(/C(C)=C/C=O)cc23)cc(C(C)C)cc1C(C)C. The Morgan fingerprint density at radius 2 is 1.81 bits per heavy atom. The van der Waals surface area contributed by atoms with Gasteiger partial charge in [0.15, 0.2) is 0 Å². The van der Waals surface area contributed by atoms with Gasteiger partial charge in [-0.15, -0.1) is 0 Å². The molecule has 0 fully saturated rings. The molecule has 0 bridgehead atoms. The van der Waals surface area contributed by atoms with Crippen molar-refractivity contribution in [3.63, 3.8) is 0 Å². The van der Waals surface area contributed by atoms with E-state index >= 15 is 0 Å². The summed E-state index contributed by atoms with van der Waals surface area (Å²) in [7, 11) is 2.09. The Bertz CT molecular complexity index is 1130. The van der Waals surface area contributed by atoms with Crippen LogP contribution in [0, 0.1) is 0 Å². The molecule has 2 aromatic carbocycles. The summed E-state index contributed by atoms with van der Waals surface area (Å²) < 4.78 is 8.65. The van der Waals surface area contributed by atoms with Gasteiger partial charge in [-0.05, 0) is 71.7 Å². The van der Waals surface area contributed by atoms with E-state index in [1.54, 1.807) is 6.08 Å². The van der Waals surface area contributed by atoms with Gasteiger partial charge >= 0.3 is 0 Å². The van der Waals surface area contributed by atoms with E-state index in [2.05, 4.69) is 82.8 Å². The molecule has 3 aromatic rings. The molecule has 3 rings (SSSR count). The van der Waals surface area contributed by atoms with Gasteiger partial charge in [-0.3, -0.25) is 4.79 Å². The second-order valence-corrected chi connectivity index (χ2v) is 9.37. The monoisotopic (exact) mass is 431 g/mol. The van der Waals surface area contributed by atoms with Crippen LogP contribution in [0.25, 0.3) is 27.6 Å². The van der Waals surface area contributed by atoms with Crippen LogP contribution >= 0.6 is 0 Å². The smallest absolute Gasteiger partial charge is 0.143 e. The number of nitrogens with zero attached hydrogens (tertiary/aromatic N) is 1. The molecule has 0 saturated carbocycles. The fourth-order valence-electron chi connectivity index (χ4n) is 4.17. The lowest BCUT2D eigenvalue weighted by Crippen LogP contribution is -2.05. The van der Waals surface area contributed by atoms with Gasteiger partial charge in [-0.2, -0.15) is 0 Å². The molecule has 0 N–H and O–H groups in total. The van der Waals surface area contributed by atoms with Crippen LogP contribution in [0.15, 0.2) is 42.6 Å². The Balaban J connectivity index is 2.32. The van der Waals surface area contributed by atoms with Gasteiger partial charge < -0.3 is 9.30 Å². The maximum atomic E-state index is 11.0. The zero-order valence-corrected chi connectivity index (χ0v) is 20.7. The fraction of sp³-hybridized carbons (Fsp3) is 0.414. The number of aromatic nitrogens is 1. The molecule has 0 spiro atoms. The number of aldehydes is 1. The van der Waals surface area contributed by atoms with Gasteiger partial charge in [0.05, 0.1) is 6.61 Å². The van der Waals surface area contributed by atoms with Crippen molar-refractivity contribution in [3.05, 3.63) is 59.3 Å². The summed E-state index contributed by atoms with van der Waals surface area (Å²) in [5.41, 5.74) is 8.15. The molecular weight excluding hydrogens is 394 g/mol. The van der Waals surface area contributed by atoms with Crippen LogP contribution in [0.4, 0.5) is 0 Å². The van der Waals surface area contributed by atoms with Crippen LogP contribution in [0.1, 0.15) is 82.9 Å². The molecule has 1 aromatic heterocycles. The number of ether oxygens (including phenoxy) is 1. The Morgan fingerprint density at radius 3 is 2.44 bits per heavy atom. The standard InChI is InChI=1S/C29H37NO2/c1-8-9-14-32-29-24(20(4)5)16-23(19(2)3)17-26(29)27-18-30(7)28-11-10-22(15-25(27)28)21(6)12-13-31/h10-13,15-20H,8-9,14H2,1-7H3/b21-12+. The number of benzene rings is 2. The van der Waals surface area contributed by atoms with E-state index in [1.165, 1.54) is 27.6 Å². The Kier molecular flexibility index (Phi) is 7.60. The predicted octanol–water partition coefficient (Wildman–Crippen LogP) is 7.87. The van der Waals surface area contributed by atoms with Crippen LogP contribution in [-0.2, 0) is 11.8 Å². The summed E-state index contributed by atoms with van der Waals surface area (Å²) in [4.78, 5) is 11.0.